The molecule has 1 heterocycles. The van der Waals surface area contributed by atoms with Crippen molar-refractivity contribution in [2.45, 2.75) is 51.0 Å². The Morgan fingerprint density at radius 2 is 2.13 bits per heavy atom. The van der Waals surface area contributed by atoms with Gasteiger partial charge in [-0.15, -0.1) is 0 Å². The van der Waals surface area contributed by atoms with Gasteiger partial charge in [0, 0.05) is 19.4 Å². The van der Waals surface area contributed by atoms with E-state index in [1.54, 1.807) is 4.90 Å². The fourth-order valence-electron chi connectivity index (χ4n) is 2.18. The van der Waals surface area contributed by atoms with Gasteiger partial charge in [-0.3, -0.25) is 4.90 Å². The molecule has 4 heteroatoms. The lowest BCUT2D eigenvalue weighted by Crippen LogP contribution is -2.42. The van der Waals surface area contributed by atoms with Crippen molar-refractivity contribution >= 4 is 6.29 Å². The highest BCUT2D eigenvalue weighted by atomic mass is 19.3. The van der Waals surface area contributed by atoms with Crippen molar-refractivity contribution in [3.05, 3.63) is 0 Å². The van der Waals surface area contributed by atoms with Crippen molar-refractivity contribution in [2.75, 3.05) is 13.1 Å². The van der Waals surface area contributed by atoms with Crippen LogP contribution in [0.1, 0.15) is 39.0 Å². The van der Waals surface area contributed by atoms with Gasteiger partial charge in [0.25, 0.3) is 5.92 Å². The van der Waals surface area contributed by atoms with Crippen LogP contribution in [0.3, 0.4) is 0 Å². The van der Waals surface area contributed by atoms with E-state index in [1.807, 2.05) is 0 Å². The maximum Gasteiger partial charge on any atom is 0.257 e. The van der Waals surface area contributed by atoms with Gasteiger partial charge in [0.2, 0.25) is 0 Å². The molecule has 1 unspecified atom stereocenters. The first-order valence-corrected chi connectivity index (χ1v) is 5.58. The third kappa shape index (κ3) is 4.69. The van der Waals surface area contributed by atoms with Gasteiger partial charge in [-0.05, 0) is 19.4 Å². The number of hydrogen-bond acceptors (Lipinski definition) is 2. The Labute approximate surface area is 89.6 Å². The van der Waals surface area contributed by atoms with Crippen LogP contribution < -0.4 is 0 Å². The van der Waals surface area contributed by atoms with E-state index < -0.39 is 5.92 Å². The summed E-state index contributed by atoms with van der Waals surface area (Å²) < 4.78 is 25.8. The average Bonchev–Trinajstić information content (AvgIpc) is 2.30. The predicted molar refractivity (Wildman–Crippen MR) is 55.1 cm³/mol. The molecule has 0 aromatic heterocycles. The van der Waals surface area contributed by atoms with Crippen molar-refractivity contribution in [3.63, 3.8) is 0 Å². The van der Waals surface area contributed by atoms with Crippen LogP contribution in [0.5, 0.6) is 0 Å². The summed E-state index contributed by atoms with van der Waals surface area (Å²) in [5.74, 6) is -2.66. The summed E-state index contributed by atoms with van der Waals surface area (Å²) in [6, 6.07) is 0.0239. The monoisotopic (exact) mass is 219 g/mol. The predicted octanol–water partition coefficient (Wildman–Crippen LogP) is 2.48. The first-order chi connectivity index (χ1) is 7.03. The van der Waals surface area contributed by atoms with Crippen molar-refractivity contribution in [2.24, 2.45) is 0 Å². The van der Waals surface area contributed by atoms with Gasteiger partial charge in [0.05, 0.1) is 6.54 Å². The number of carbonyl (C=O) groups is 1. The molecule has 0 saturated carbocycles. The van der Waals surface area contributed by atoms with Crippen LogP contribution in [0.15, 0.2) is 0 Å². The van der Waals surface area contributed by atoms with E-state index in [9.17, 15) is 13.6 Å². The van der Waals surface area contributed by atoms with Gasteiger partial charge in [0.1, 0.15) is 6.29 Å². The number of likely N-dealkylation sites (tertiary alicyclic amines) is 1. The molecule has 0 aliphatic carbocycles. The molecule has 1 rings (SSSR count). The molecular formula is C11H19F2NO. The van der Waals surface area contributed by atoms with E-state index in [2.05, 4.69) is 0 Å². The maximum absolute atomic E-state index is 12.9. The average molecular weight is 219 g/mol. The Hall–Kier alpha value is -0.510. The zero-order chi connectivity index (χ0) is 11.3. The zero-order valence-corrected chi connectivity index (χ0v) is 9.22. The van der Waals surface area contributed by atoms with Crippen molar-refractivity contribution in [1.82, 2.24) is 4.90 Å². The Balaban J connectivity index is 2.57. The Morgan fingerprint density at radius 1 is 1.40 bits per heavy atom. The summed E-state index contributed by atoms with van der Waals surface area (Å²) in [5, 5.41) is 0. The molecule has 0 aromatic rings. The summed E-state index contributed by atoms with van der Waals surface area (Å²) in [6.07, 6.45) is 5.19. The molecule has 0 spiro atoms. The van der Waals surface area contributed by atoms with Gasteiger partial charge in [0.15, 0.2) is 0 Å². The van der Waals surface area contributed by atoms with Gasteiger partial charge >= 0.3 is 0 Å². The van der Waals surface area contributed by atoms with E-state index in [0.717, 1.165) is 38.9 Å². The van der Waals surface area contributed by atoms with E-state index in [4.69, 9.17) is 0 Å². The van der Waals surface area contributed by atoms with Gasteiger partial charge < -0.3 is 4.79 Å². The summed E-state index contributed by atoms with van der Waals surface area (Å²) in [5.41, 5.74) is 0. The van der Waals surface area contributed by atoms with Crippen molar-refractivity contribution < 1.29 is 13.6 Å². The Morgan fingerprint density at radius 3 is 2.73 bits per heavy atom. The number of carbonyl (C=O) groups excluding carboxylic acids is 1. The molecule has 1 saturated heterocycles. The molecule has 1 atom stereocenters. The second-order valence-electron chi connectivity index (χ2n) is 4.45. The van der Waals surface area contributed by atoms with Crippen molar-refractivity contribution in [3.8, 4) is 0 Å². The van der Waals surface area contributed by atoms with Crippen molar-refractivity contribution in [1.29, 1.82) is 0 Å². The minimum Gasteiger partial charge on any atom is -0.303 e. The van der Waals surface area contributed by atoms with E-state index in [0.29, 0.717) is 13.0 Å². The molecule has 1 aliphatic heterocycles. The first kappa shape index (κ1) is 12.6. The van der Waals surface area contributed by atoms with Gasteiger partial charge in [-0.1, -0.05) is 12.8 Å². The minimum atomic E-state index is -2.66. The molecule has 1 aliphatic rings. The molecule has 0 N–H and O–H groups in total. The molecule has 2 nitrogen and oxygen atoms in total. The maximum atomic E-state index is 12.9. The van der Waals surface area contributed by atoms with E-state index in [-0.39, 0.29) is 12.6 Å². The number of halogens is 2. The fourth-order valence-corrected chi connectivity index (χ4v) is 2.18. The van der Waals surface area contributed by atoms with Crippen LogP contribution >= 0.6 is 0 Å². The highest BCUT2D eigenvalue weighted by Crippen LogP contribution is 2.23. The highest BCUT2D eigenvalue weighted by Gasteiger charge is 2.29. The zero-order valence-electron chi connectivity index (χ0n) is 9.22. The molecule has 15 heavy (non-hydrogen) atoms. The number of nitrogens with zero attached hydrogens (tertiary/aromatic N) is 1. The third-order valence-electron chi connectivity index (χ3n) is 2.85. The lowest BCUT2D eigenvalue weighted by Gasteiger charge is -2.30. The Kier molecular flexibility index (Phi) is 4.64. The third-order valence-corrected chi connectivity index (χ3v) is 2.85. The quantitative estimate of drug-likeness (QED) is 0.677. The number of aldehydes is 1. The SMILES string of the molecule is CC(F)(F)CN1CCCCCC1CC=O. The fraction of sp³-hybridized carbons (Fsp3) is 0.909. The number of hydrogen-bond donors (Lipinski definition) is 0. The van der Waals surface area contributed by atoms with Crippen LogP contribution in [-0.2, 0) is 4.79 Å². The topological polar surface area (TPSA) is 20.3 Å². The minimum absolute atomic E-state index is 0.0239. The van der Waals surface area contributed by atoms with Crippen LogP contribution in [-0.4, -0.2) is 36.2 Å². The van der Waals surface area contributed by atoms with Gasteiger partial charge in [-0.2, -0.15) is 0 Å². The van der Waals surface area contributed by atoms with Crippen LogP contribution in [0.2, 0.25) is 0 Å². The normalized spacial score (nSPS) is 24.9. The smallest absolute Gasteiger partial charge is 0.257 e. The van der Waals surface area contributed by atoms with Gasteiger partial charge in [-0.25, -0.2) is 8.78 Å². The molecule has 0 aromatic carbocycles. The number of rotatable bonds is 4. The summed E-state index contributed by atoms with van der Waals surface area (Å²) in [6.45, 7) is 1.42. The van der Waals surface area contributed by atoms with Crippen LogP contribution in [0.4, 0.5) is 8.78 Å². The molecule has 0 radical (unpaired) electrons. The largest absolute Gasteiger partial charge is 0.303 e. The summed E-state index contributed by atoms with van der Waals surface area (Å²) >= 11 is 0. The molecule has 88 valence electrons. The second kappa shape index (κ2) is 5.54. The molecule has 1 fully saturated rings. The standard InChI is InChI=1S/C11H19F2NO/c1-11(12,13)9-14-7-4-2-3-5-10(14)6-8-15/h8,10H,2-7,9H2,1H3. The van der Waals surface area contributed by atoms with E-state index in [1.165, 1.54) is 0 Å². The van der Waals surface area contributed by atoms with E-state index >= 15 is 0 Å². The summed E-state index contributed by atoms with van der Waals surface area (Å²) in [7, 11) is 0. The lowest BCUT2D eigenvalue weighted by atomic mass is 10.1. The first-order valence-electron chi connectivity index (χ1n) is 5.58. The summed E-state index contributed by atoms with van der Waals surface area (Å²) in [4.78, 5) is 12.3. The number of alkyl halides is 2. The van der Waals surface area contributed by atoms with Crippen LogP contribution in [0, 0.1) is 0 Å². The highest BCUT2D eigenvalue weighted by molar-refractivity contribution is 5.50. The molecule has 0 bridgehead atoms. The Bertz CT molecular complexity index is 203. The second-order valence-corrected chi connectivity index (χ2v) is 4.45. The van der Waals surface area contributed by atoms with Crippen LogP contribution in [0.25, 0.3) is 0 Å². The molecular weight excluding hydrogens is 200 g/mol. The molecule has 0 amide bonds. The lowest BCUT2D eigenvalue weighted by molar-refractivity contribution is -0.109.